The van der Waals surface area contributed by atoms with Crippen LogP contribution in [0, 0.1) is 12.8 Å². The van der Waals surface area contributed by atoms with Gasteiger partial charge in [-0.15, -0.1) is 0 Å². The van der Waals surface area contributed by atoms with Crippen LogP contribution in [0.4, 0.5) is 5.69 Å². The highest BCUT2D eigenvalue weighted by Crippen LogP contribution is 2.36. The number of phenolic OH excluding ortho intramolecular Hbond substituents is 1. The van der Waals surface area contributed by atoms with E-state index in [1.807, 2.05) is 24.3 Å². The molecule has 4 rings (SSSR count). The number of oxazole rings is 1. The van der Waals surface area contributed by atoms with E-state index in [1.54, 1.807) is 37.3 Å². The van der Waals surface area contributed by atoms with Gasteiger partial charge in [0.2, 0.25) is 5.89 Å². The van der Waals surface area contributed by atoms with Crippen molar-refractivity contribution < 1.29 is 19.1 Å². The average Bonchev–Trinajstić information content (AvgIpc) is 3.28. The first-order valence-electron chi connectivity index (χ1n) is 11.8. The maximum Gasteiger partial charge on any atom is 0.257 e. The van der Waals surface area contributed by atoms with E-state index in [0.717, 1.165) is 17.5 Å². The van der Waals surface area contributed by atoms with Gasteiger partial charge in [-0.3, -0.25) is 10.1 Å². The molecule has 0 fully saturated rings. The van der Waals surface area contributed by atoms with Crippen molar-refractivity contribution in [1.82, 2.24) is 10.3 Å². The number of nitrogens with zero attached hydrogens (tertiary/aromatic N) is 1. The van der Waals surface area contributed by atoms with Crippen molar-refractivity contribution in [2.45, 2.75) is 34.1 Å². The molecule has 0 aliphatic carbocycles. The fourth-order valence-electron chi connectivity index (χ4n) is 3.65. The van der Waals surface area contributed by atoms with E-state index in [9.17, 15) is 9.90 Å². The van der Waals surface area contributed by atoms with Gasteiger partial charge in [0.05, 0.1) is 12.2 Å². The molecule has 0 spiro atoms. The molecule has 1 heterocycles. The smallest absolute Gasteiger partial charge is 0.257 e. The molecule has 186 valence electrons. The molecule has 1 amide bonds. The molecule has 0 saturated heterocycles. The molecule has 3 N–H and O–H groups in total. The number of rotatable bonds is 7. The first-order chi connectivity index (χ1) is 17.2. The van der Waals surface area contributed by atoms with E-state index in [-0.39, 0.29) is 16.8 Å². The Morgan fingerprint density at radius 2 is 1.97 bits per heavy atom. The molecule has 4 aromatic rings. The molecule has 3 aromatic carbocycles. The van der Waals surface area contributed by atoms with Crippen LogP contribution in [-0.2, 0) is 6.42 Å². The van der Waals surface area contributed by atoms with E-state index in [4.69, 9.17) is 21.4 Å². The number of aromatic hydroxyl groups is 1. The fourth-order valence-corrected chi connectivity index (χ4v) is 3.86. The molecule has 0 saturated carbocycles. The molecular formula is C28H29N3O4S. The Balaban J connectivity index is 1.50. The molecule has 7 nitrogen and oxygen atoms in total. The number of hydrogen-bond acceptors (Lipinski definition) is 6. The minimum Gasteiger partial charge on any atom is -0.507 e. The summed E-state index contributed by atoms with van der Waals surface area (Å²) in [5, 5.41) is 16.5. The third-order valence-electron chi connectivity index (χ3n) is 5.56. The van der Waals surface area contributed by atoms with E-state index >= 15 is 0 Å². The molecule has 1 aromatic heterocycles. The Morgan fingerprint density at radius 1 is 1.17 bits per heavy atom. The number of thiocarbonyl (C=S) groups is 1. The number of benzene rings is 3. The van der Waals surface area contributed by atoms with Crippen LogP contribution < -0.4 is 15.4 Å². The van der Waals surface area contributed by atoms with E-state index < -0.39 is 0 Å². The van der Waals surface area contributed by atoms with Gasteiger partial charge in [-0.05, 0) is 85.1 Å². The number of ether oxygens (including phenoxy) is 1. The third kappa shape index (κ3) is 5.83. The fraction of sp³-hybridized carbons (Fsp3) is 0.250. The lowest BCUT2D eigenvalue weighted by atomic mass is 10.1. The zero-order chi connectivity index (χ0) is 25.8. The van der Waals surface area contributed by atoms with Crippen LogP contribution in [0.5, 0.6) is 11.5 Å². The number of hydrogen-bond donors (Lipinski definition) is 3. The molecule has 0 aliphatic heterocycles. The predicted molar refractivity (Wildman–Crippen MR) is 146 cm³/mol. The van der Waals surface area contributed by atoms with Gasteiger partial charge in [-0.1, -0.05) is 32.9 Å². The zero-order valence-electron chi connectivity index (χ0n) is 20.7. The zero-order valence-corrected chi connectivity index (χ0v) is 21.5. The first kappa shape index (κ1) is 25.2. The summed E-state index contributed by atoms with van der Waals surface area (Å²) in [5.74, 6) is 1.01. The highest BCUT2D eigenvalue weighted by Gasteiger charge is 2.17. The summed E-state index contributed by atoms with van der Waals surface area (Å²) in [5.41, 5.74) is 4.56. The van der Waals surface area contributed by atoms with E-state index in [2.05, 4.69) is 36.4 Å². The van der Waals surface area contributed by atoms with Crippen LogP contribution in [0.25, 0.3) is 22.6 Å². The summed E-state index contributed by atoms with van der Waals surface area (Å²) < 4.78 is 11.6. The van der Waals surface area contributed by atoms with Gasteiger partial charge in [0.1, 0.15) is 17.0 Å². The number of anilines is 1. The maximum atomic E-state index is 12.7. The van der Waals surface area contributed by atoms with Gasteiger partial charge in [0.25, 0.3) is 5.91 Å². The average molecular weight is 504 g/mol. The van der Waals surface area contributed by atoms with Crippen LogP contribution in [0.1, 0.15) is 42.3 Å². The van der Waals surface area contributed by atoms with Crippen LogP contribution in [-0.4, -0.2) is 27.7 Å². The third-order valence-corrected chi connectivity index (χ3v) is 5.76. The van der Waals surface area contributed by atoms with Gasteiger partial charge in [0, 0.05) is 11.3 Å². The lowest BCUT2D eigenvalue weighted by Gasteiger charge is -2.13. The summed E-state index contributed by atoms with van der Waals surface area (Å²) in [4.78, 5) is 17.3. The van der Waals surface area contributed by atoms with Crippen molar-refractivity contribution in [1.29, 1.82) is 0 Å². The minimum absolute atomic E-state index is 0.0657. The van der Waals surface area contributed by atoms with Crippen molar-refractivity contribution in [3.8, 4) is 23.0 Å². The highest BCUT2D eigenvalue weighted by molar-refractivity contribution is 7.80. The largest absolute Gasteiger partial charge is 0.507 e. The van der Waals surface area contributed by atoms with Gasteiger partial charge in [-0.2, -0.15) is 0 Å². The maximum absolute atomic E-state index is 12.7. The normalized spacial score (nSPS) is 11.0. The second kappa shape index (κ2) is 10.8. The van der Waals surface area contributed by atoms with Crippen molar-refractivity contribution in [2.75, 3.05) is 11.9 Å². The second-order valence-corrected chi connectivity index (χ2v) is 9.41. The van der Waals surface area contributed by atoms with Crippen LogP contribution in [0.2, 0.25) is 0 Å². The lowest BCUT2D eigenvalue weighted by molar-refractivity contribution is 0.0977. The monoisotopic (exact) mass is 503 g/mol. The number of nitrogens with one attached hydrogen (secondary N) is 2. The first-order valence-corrected chi connectivity index (χ1v) is 12.2. The number of carbonyl (C=O) groups excluding carboxylic acids is 1. The number of amides is 1. The Morgan fingerprint density at radius 3 is 2.72 bits per heavy atom. The van der Waals surface area contributed by atoms with Crippen LogP contribution in [0.15, 0.2) is 59.0 Å². The van der Waals surface area contributed by atoms with Gasteiger partial charge in [0.15, 0.2) is 10.7 Å². The summed E-state index contributed by atoms with van der Waals surface area (Å²) in [6.45, 7) is 8.53. The van der Waals surface area contributed by atoms with Crippen molar-refractivity contribution in [2.24, 2.45) is 5.92 Å². The quantitative estimate of drug-likeness (QED) is 0.203. The Labute approximate surface area is 215 Å². The highest BCUT2D eigenvalue weighted by atomic mass is 32.1. The van der Waals surface area contributed by atoms with Crippen molar-refractivity contribution in [3.05, 3.63) is 71.3 Å². The molecule has 0 aliphatic rings. The van der Waals surface area contributed by atoms with E-state index in [0.29, 0.717) is 52.1 Å². The minimum atomic E-state index is -0.358. The molecule has 0 radical (unpaired) electrons. The Hall–Kier alpha value is -3.91. The molecule has 8 heteroatoms. The molecule has 36 heavy (non-hydrogen) atoms. The predicted octanol–water partition coefficient (Wildman–Crippen LogP) is 6.23. The van der Waals surface area contributed by atoms with Crippen LogP contribution >= 0.6 is 12.2 Å². The Bertz CT molecular complexity index is 1430. The topological polar surface area (TPSA) is 96.6 Å². The number of phenols is 1. The molecule has 0 bridgehead atoms. The SMILES string of the molecule is CCc1ccc2oc(-c3cc(NC(=S)NC(=O)c4cccc(OCC(C)C)c4)cc(C)c3O)nc2c1. The van der Waals surface area contributed by atoms with Gasteiger partial charge in [-0.25, -0.2) is 4.98 Å². The standard InChI is InChI=1S/C28H29N3O4S/c1-5-18-9-10-24-23(12-18)30-27(35-24)22-14-20(11-17(4)25(22)32)29-28(36)31-26(33)19-7-6-8-21(13-19)34-15-16(2)3/h6-14,16,32H,5,15H2,1-4H3,(H2,29,31,33,36). The van der Waals surface area contributed by atoms with Crippen LogP contribution in [0.3, 0.4) is 0 Å². The summed E-state index contributed by atoms with van der Waals surface area (Å²) in [6.07, 6.45) is 0.889. The molecule has 0 unspecified atom stereocenters. The Kier molecular flexibility index (Phi) is 7.55. The summed E-state index contributed by atoms with van der Waals surface area (Å²) in [7, 11) is 0. The van der Waals surface area contributed by atoms with Gasteiger partial charge < -0.3 is 19.6 Å². The van der Waals surface area contributed by atoms with Crippen molar-refractivity contribution >= 4 is 40.0 Å². The number of aromatic nitrogens is 1. The molecular weight excluding hydrogens is 474 g/mol. The number of carbonyl (C=O) groups is 1. The van der Waals surface area contributed by atoms with E-state index in [1.165, 1.54) is 0 Å². The second-order valence-electron chi connectivity index (χ2n) is 9.00. The lowest BCUT2D eigenvalue weighted by Crippen LogP contribution is -2.34. The summed E-state index contributed by atoms with van der Waals surface area (Å²) >= 11 is 5.37. The van der Waals surface area contributed by atoms with Crippen molar-refractivity contribution in [3.63, 3.8) is 0 Å². The number of fused-ring (bicyclic) bond motifs is 1. The van der Waals surface area contributed by atoms with Gasteiger partial charge >= 0.3 is 0 Å². The molecule has 0 atom stereocenters. The summed E-state index contributed by atoms with van der Waals surface area (Å²) in [6, 6.07) is 16.2. The number of aryl methyl sites for hydroxylation is 2.